The molecule has 4 nitrogen and oxygen atoms in total. The number of amides is 1. The minimum atomic E-state index is -0.492. The Hall–Kier alpha value is -1.69. The first-order valence-electron chi connectivity index (χ1n) is 4.84. The van der Waals surface area contributed by atoms with Gasteiger partial charge >= 0.3 is 0 Å². The van der Waals surface area contributed by atoms with Gasteiger partial charge in [0.2, 0.25) is 0 Å². The van der Waals surface area contributed by atoms with E-state index in [9.17, 15) is 9.18 Å². The van der Waals surface area contributed by atoms with Gasteiger partial charge in [0.1, 0.15) is 5.82 Å². The van der Waals surface area contributed by atoms with Crippen LogP contribution in [0.3, 0.4) is 0 Å². The molecular weight excluding hydrogens is 289 g/mol. The van der Waals surface area contributed by atoms with Gasteiger partial charge in [-0.2, -0.15) is 5.10 Å². The molecule has 0 aliphatic rings. The molecule has 0 radical (unpaired) electrons. The van der Waals surface area contributed by atoms with Gasteiger partial charge in [-0.3, -0.25) is 9.89 Å². The van der Waals surface area contributed by atoms with E-state index in [-0.39, 0.29) is 5.69 Å². The second-order valence-electron chi connectivity index (χ2n) is 3.49. The topological polar surface area (TPSA) is 57.8 Å². The summed E-state index contributed by atoms with van der Waals surface area (Å²) in [6.45, 7) is 1.72. The maximum atomic E-state index is 13.5. The van der Waals surface area contributed by atoms with Gasteiger partial charge < -0.3 is 5.32 Å². The number of aromatic nitrogens is 2. The number of nitrogens with one attached hydrogen (secondary N) is 2. The highest BCUT2D eigenvalue weighted by Gasteiger charge is 2.12. The molecule has 1 aromatic carbocycles. The Morgan fingerprint density at radius 1 is 1.53 bits per heavy atom. The van der Waals surface area contributed by atoms with Gasteiger partial charge in [-0.1, -0.05) is 15.9 Å². The highest BCUT2D eigenvalue weighted by Crippen LogP contribution is 2.20. The van der Waals surface area contributed by atoms with Gasteiger partial charge in [0, 0.05) is 10.2 Å². The van der Waals surface area contributed by atoms with Crippen LogP contribution in [0, 0.1) is 12.7 Å². The molecule has 6 heteroatoms. The highest BCUT2D eigenvalue weighted by atomic mass is 79.9. The number of aromatic amines is 1. The summed E-state index contributed by atoms with van der Waals surface area (Å²) in [5.74, 6) is -0.883. The van der Waals surface area contributed by atoms with Gasteiger partial charge in [-0.15, -0.1) is 0 Å². The molecule has 0 spiro atoms. The number of hydrogen-bond acceptors (Lipinski definition) is 2. The van der Waals surface area contributed by atoms with Crippen LogP contribution in [-0.4, -0.2) is 16.1 Å². The minimum absolute atomic E-state index is 0.138. The Morgan fingerprint density at radius 2 is 2.29 bits per heavy atom. The third kappa shape index (κ3) is 2.52. The lowest BCUT2D eigenvalue weighted by Crippen LogP contribution is -2.13. The van der Waals surface area contributed by atoms with E-state index in [1.54, 1.807) is 13.0 Å². The number of H-pyrrole nitrogens is 1. The van der Waals surface area contributed by atoms with Crippen molar-refractivity contribution in [2.24, 2.45) is 0 Å². The van der Waals surface area contributed by atoms with Crippen molar-refractivity contribution in [2.45, 2.75) is 6.92 Å². The largest absolute Gasteiger partial charge is 0.319 e. The lowest BCUT2D eigenvalue weighted by Gasteiger charge is -2.05. The lowest BCUT2D eigenvalue weighted by molar-refractivity contribution is 0.102. The van der Waals surface area contributed by atoms with Crippen molar-refractivity contribution in [2.75, 3.05) is 5.32 Å². The Labute approximate surface area is 105 Å². The minimum Gasteiger partial charge on any atom is -0.319 e. The van der Waals surface area contributed by atoms with Crippen LogP contribution in [0.5, 0.6) is 0 Å². The number of halogens is 2. The van der Waals surface area contributed by atoms with Crippen LogP contribution in [0.4, 0.5) is 10.1 Å². The molecule has 17 heavy (non-hydrogen) atoms. The van der Waals surface area contributed by atoms with Crippen LogP contribution >= 0.6 is 15.9 Å². The van der Waals surface area contributed by atoms with Crippen LogP contribution in [0.1, 0.15) is 16.1 Å². The van der Waals surface area contributed by atoms with E-state index < -0.39 is 11.7 Å². The van der Waals surface area contributed by atoms with Gasteiger partial charge in [-0.05, 0) is 25.1 Å². The molecule has 0 saturated carbocycles. The van der Waals surface area contributed by atoms with Crippen molar-refractivity contribution >= 4 is 27.5 Å². The first kappa shape index (κ1) is 11.8. The van der Waals surface area contributed by atoms with E-state index in [1.807, 2.05) is 0 Å². The Morgan fingerprint density at radius 3 is 2.88 bits per heavy atom. The van der Waals surface area contributed by atoms with Crippen molar-refractivity contribution in [1.29, 1.82) is 0 Å². The molecule has 0 saturated heterocycles. The Balaban J connectivity index is 2.22. The van der Waals surface area contributed by atoms with Crippen LogP contribution < -0.4 is 5.32 Å². The monoisotopic (exact) mass is 297 g/mol. The SMILES string of the molecule is Cc1[nH]ncc1C(=O)Nc1ccc(Br)cc1F. The van der Waals surface area contributed by atoms with E-state index in [4.69, 9.17) is 0 Å². The molecule has 0 atom stereocenters. The second-order valence-corrected chi connectivity index (χ2v) is 4.40. The number of carbonyl (C=O) groups excluding carboxylic acids is 1. The molecule has 1 aromatic heterocycles. The summed E-state index contributed by atoms with van der Waals surface area (Å²) in [6.07, 6.45) is 1.40. The second kappa shape index (κ2) is 4.67. The number of hydrogen-bond donors (Lipinski definition) is 2. The summed E-state index contributed by atoms with van der Waals surface area (Å²) in [4.78, 5) is 11.8. The number of anilines is 1. The average molecular weight is 298 g/mol. The van der Waals surface area contributed by atoms with E-state index in [0.29, 0.717) is 15.7 Å². The number of nitrogens with zero attached hydrogens (tertiary/aromatic N) is 1. The van der Waals surface area contributed by atoms with E-state index >= 15 is 0 Å². The molecule has 0 bridgehead atoms. The van der Waals surface area contributed by atoms with Crippen LogP contribution in [0.15, 0.2) is 28.9 Å². The zero-order valence-corrected chi connectivity index (χ0v) is 10.5. The predicted molar refractivity (Wildman–Crippen MR) is 65.4 cm³/mol. The summed E-state index contributed by atoms with van der Waals surface area (Å²) in [7, 11) is 0. The molecule has 2 rings (SSSR count). The van der Waals surface area contributed by atoms with Crippen molar-refractivity contribution in [3.63, 3.8) is 0 Å². The first-order chi connectivity index (χ1) is 8.08. The number of carbonyl (C=O) groups is 1. The van der Waals surface area contributed by atoms with Crippen molar-refractivity contribution in [3.8, 4) is 0 Å². The van der Waals surface area contributed by atoms with Gasteiger partial charge in [-0.25, -0.2) is 4.39 Å². The molecule has 88 valence electrons. The van der Waals surface area contributed by atoms with Crippen molar-refractivity contribution in [3.05, 3.63) is 45.9 Å². The maximum absolute atomic E-state index is 13.5. The Bertz CT molecular complexity index is 568. The quantitative estimate of drug-likeness (QED) is 0.895. The normalized spacial score (nSPS) is 10.3. The molecule has 0 unspecified atom stereocenters. The molecule has 2 N–H and O–H groups in total. The highest BCUT2D eigenvalue weighted by molar-refractivity contribution is 9.10. The van der Waals surface area contributed by atoms with Crippen LogP contribution in [0.25, 0.3) is 0 Å². The fourth-order valence-electron chi connectivity index (χ4n) is 1.36. The molecular formula is C11H9BrFN3O. The van der Waals surface area contributed by atoms with E-state index in [0.717, 1.165) is 0 Å². The summed E-state index contributed by atoms with van der Waals surface area (Å²) in [6, 6.07) is 4.44. The molecule has 1 heterocycles. The fraction of sp³-hybridized carbons (Fsp3) is 0.0909. The molecule has 0 aliphatic carbocycles. The first-order valence-corrected chi connectivity index (χ1v) is 5.63. The fourth-order valence-corrected chi connectivity index (χ4v) is 1.69. The summed E-state index contributed by atoms with van der Waals surface area (Å²) in [5.41, 5.74) is 1.17. The summed E-state index contributed by atoms with van der Waals surface area (Å²) >= 11 is 3.15. The number of benzene rings is 1. The molecule has 0 fully saturated rings. The van der Waals surface area contributed by atoms with Crippen LogP contribution in [-0.2, 0) is 0 Å². The third-order valence-corrected chi connectivity index (χ3v) is 2.75. The summed E-state index contributed by atoms with van der Waals surface area (Å²) in [5, 5.41) is 8.87. The third-order valence-electron chi connectivity index (χ3n) is 2.25. The van der Waals surface area contributed by atoms with Gasteiger partial charge in [0.05, 0.1) is 17.4 Å². The zero-order chi connectivity index (χ0) is 12.4. The number of aryl methyl sites for hydroxylation is 1. The average Bonchev–Trinajstić information content (AvgIpc) is 2.68. The maximum Gasteiger partial charge on any atom is 0.259 e. The predicted octanol–water partition coefficient (Wildman–Crippen LogP) is 2.87. The summed E-state index contributed by atoms with van der Waals surface area (Å²) < 4.78 is 14.1. The van der Waals surface area contributed by atoms with Gasteiger partial charge in [0.15, 0.2) is 0 Å². The van der Waals surface area contributed by atoms with Crippen LogP contribution in [0.2, 0.25) is 0 Å². The lowest BCUT2D eigenvalue weighted by atomic mass is 10.2. The standard InChI is InChI=1S/C11H9BrFN3O/c1-6-8(5-14-16-6)11(17)15-10-3-2-7(12)4-9(10)13/h2-5H,1H3,(H,14,16)(H,15,17). The molecule has 2 aromatic rings. The van der Waals surface area contributed by atoms with E-state index in [1.165, 1.54) is 18.3 Å². The Kier molecular flexibility index (Phi) is 3.23. The molecule has 1 amide bonds. The van der Waals surface area contributed by atoms with Crippen molar-refractivity contribution < 1.29 is 9.18 Å². The number of rotatable bonds is 2. The van der Waals surface area contributed by atoms with Gasteiger partial charge in [0.25, 0.3) is 5.91 Å². The zero-order valence-electron chi connectivity index (χ0n) is 8.92. The van der Waals surface area contributed by atoms with Crippen molar-refractivity contribution in [1.82, 2.24) is 10.2 Å². The smallest absolute Gasteiger partial charge is 0.259 e. The van der Waals surface area contributed by atoms with E-state index in [2.05, 4.69) is 31.4 Å². The molecule has 0 aliphatic heterocycles.